The standard InChI is InChI=1S/C12H24N2/c1-4-5-9-12(14(2)3)10-7-6-8-11-13/h12H,4-10H2,1-3H3. The van der Waals surface area contributed by atoms with Crippen LogP contribution in [0.4, 0.5) is 0 Å². The summed E-state index contributed by atoms with van der Waals surface area (Å²) in [4.78, 5) is 2.32. The molecule has 0 aromatic heterocycles. The van der Waals surface area contributed by atoms with Gasteiger partial charge in [-0.1, -0.05) is 26.2 Å². The summed E-state index contributed by atoms with van der Waals surface area (Å²) in [5.74, 6) is 0. The Balaban J connectivity index is 3.58. The number of unbranched alkanes of at least 4 members (excludes halogenated alkanes) is 3. The molecule has 0 saturated carbocycles. The van der Waals surface area contributed by atoms with Crippen LogP contribution >= 0.6 is 0 Å². The molecule has 0 saturated heterocycles. The Morgan fingerprint density at radius 1 is 1.14 bits per heavy atom. The maximum Gasteiger partial charge on any atom is 0.0621 e. The van der Waals surface area contributed by atoms with Crippen molar-refractivity contribution in [1.29, 1.82) is 5.26 Å². The summed E-state index contributed by atoms with van der Waals surface area (Å²) < 4.78 is 0. The first kappa shape index (κ1) is 13.4. The van der Waals surface area contributed by atoms with Gasteiger partial charge in [0.2, 0.25) is 0 Å². The number of nitrogens with zero attached hydrogens (tertiary/aromatic N) is 2. The van der Waals surface area contributed by atoms with E-state index in [1.54, 1.807) is 0 Å². The lowest BCUT2D eigenvalue weighted by atomic mass is 10.0. The number of hydrogen-bond acceptors (Lipinski definition) is 2. The Kier molecular flexibility index (Phi) is 8.67. The molecule has 0 aromatic carbocycles. The first-order valence-electron chi connectivity index (χ1n) is 5.75. The molecule has 0 aliphatic rings. The first-order valence-corrected chi connectivity index (χ1v) is 5.75. The van der Waals surface area contributed by atoms with Gasteiger partial charge in [-0.25, -0.2) is 0 Å². The third kappa shape index (κ3) is 6.91. The normalized spacial score (nSPS) is 12.8. The van der Waals surface area contributed by atoms with Crippen LogP contribution in [0.1, 0.15) is 51.9 Å². The van der Waals surface area contributed by atoms with E-state index < -0.39 is 0 Å². The molecular weight excluding hydrogens is 172 g/mol. The van der Waals surface area contributed by atoms with Gasteiger partial charge in [-0.3, -0.25) is 0 Å². The van der Waals surface area contributed by atoms with Crippen molar-refractivity contribution in [3.8, 4) is 6.07 Å². The molecule has 82 valence electrons. The monoisotopic (exact) mass is 196 g/mol. The summed E-state index contributed by atoms with van der Waals surface area (Å²) in [6.45, 7) is 2.24. The topological polar surface area (TPSA) is 27.0 Å². The van der Waals surface area contributed by atoms with E-state index in [2.05, 4.69) is 32.0 Å². The minimum atomic E-state index is 0.716. The van der Waals surface area contributed by atoms with Crippen LogP contribution in [0.15, 0.2) is 0 Å². The van der Waals surface area contributed by atoms with Gasteiger partial charge in [0, 0.05) is 12.5 Å². The summed E-state index contributed by atoms with van der Waals surface area (Å²) in [5.41, 5.74) is 0. The van der Waals surface area contributed by atoms with Gasteiger partial charge in [0.1, 0.15) is 0 Å². The highest BCUT2D eigenvalue weighted by Gasteiger charge is 2.09. The van der Waals surface area contributed by atoms with E-state index in [0.29, 0.717) is 12.5 Å². The van der Waals surface area contributed by atoms with Gasteiger partial charge >= 0.3 is 0 Å². The number of rotatable bonds is 8. The van der Waals surface area contributed by atoms with Crippen LogP contribution in [0, 0.1) is 11.3 Å². The molecule has 14 heavy (non-hydrogen) atoms. The molecular formula is C12H24N2. The molecule has 0 N–H and O–H groups in total. The molecule has 0 aliphatic carbocycles. The summed E-state index contributed by atoms with van der Waals surface area (Å²) in [5, 5.41) is 8.42. The summed E-state index contributed by atoms with van der Waals surface area (Å²) in [7, 11) is 4.31. The van der Waals surface area contributed by atoms with E-state index in [9.17, 15) is 0 Å². The first-order chi connectivity index (χ1) is 6.72. The average molecular weight is 196 g/mol. The molecule has 1 unspecified atom stereocenters. The number of nitriles is 1. The van der Waals surface area contributed by atoms with Crippen molar-refractivity contribution in [2.45, 2.75) is 57.9 Å². The second-order valence-corrected chi connectivity index (χ2v) is 4.16. The molecule has 0 amide bonds. The molecule has 0 radical (unpaired) electrons. The maximum atomic E-state index is 8.42. The average Bonchev–Trinajstić information content (AvgIpc) is 2.16. The second-order valence-electron chi connectivity index (χ2n) is 4.16. The van der Waals surface area contributed by atoms with Crippen LogP contribution in [0.2, 0.25) is 0 Å². The van der Waals surface area contributed by atoms with Crippen LogP contribution in [0.5, 0.6) is 0 Å². The zero-order valence-corrected chi connectivity index (χ0v) is 9.92. The largest absolute Gasteiger partial charge is 0.306 e. The molecule has 0 fully saturated rings. The van der Waals surface area contributed by atoms with Gasteiger partial charge in [-0.2, -0.15) is 5.26 Å². The molecule has 0 aromatic rings. The lowest BCUT2D eigenvalue weighted by Crippen LogP contribution is -2.27. The van der Waals surface area contributed by atoms with E-state index in [4.69, 9.17) is 5.26 Å². The predicted molar refractivity (Wildman–Crippen MR) is 61.1 cm³/mol. The summed E-state index contributed by atoms with van der Waals surface area (Å²) in [6, 6.07) is 2.92. The van der Waals surface area contributed by atoms with Gasteiger partial charge in [-0.15, -0.1) is 0 Å². The highest BCUT2D eigenvalue weighted by molar-refractivity contribution is 4.71. The Morgan fingerprint density at radius 3 is 2.29 bits per heavy atom. The third-order valence-corrected chi connectivity index (χ3v) is 2.70. The fraction of sp³-hybridized carbons (Fsp3) is 0.917. The molecule has 0 bridgehead atoms. The Hall–Kier alpha value is -0.550. The lowest BCUT2D eigenvalue weighted by molar-refractivity contribution is 0.254. The molecule has 0 aliphatic heterocycles. The zero-order chi connectivity index (χ0) is 10.8. The minimum absolute atomic E-state index is 0.716. The van der Waals surface area contributed by atoms with Crippen LogP contribution < -0.4 is 0 Å². The Labute approximate surface area is 88.9 Å². The summed E-state index contributed by atoms with van der Waals surface area (Å²) in [6.07, 6.45) is 8.12. The Morgan fingerprint density at radius 2 is 1.79 bits per heavy atom. The van der Waals surface area contributed by atoms with Crippen molar-refractivity contribution in [1.82, 2.24) is 4.90 Å². The van der Waals surface area contributed by atoms with E-state index in [0.717, 1.165) is 6.42 Å². The third-order valence-electron chi connectivity index (χ3n) is 2.70. The zero-order valence-electron chi connectivity index (χ0n) is 9.92. The van der Waals surface area contributed by atoms with Crippen LogP contribution in [0.3, 0.4) is 0 Å². The smallest absolute Gasteiger partial charge is 0.0621 e. The molecule has 0 rings (SSSR count). The highest BCUT2D eigenvalue weighted by atomic mass is 15.1. The van der Waals surface area contributed by atoms with E-state index in [-0.39, 0.29) is 0 Å². The fourth-order valence-electron chi connectivity index (χ4n) is 1.68. The van der Waals surface area contributed by atoms with Crippen molar-refractivity contribution in [3.63, 3.8) is 0 Å². The van der Waals surface area contributed by atoms with Gasteiger partial charge < -0.3 is 4.90 Å². The quantitative estimate of drug-likeness (QED) is 0.557. The van der Waals surface area contributed by atoms with E-state index >= 15 is 0 Å². The van der Waals surface area contributed by atoms with Crippen molar-refractivity contribution >= 4 is 0 Å². The van der Waals surface area contributed by atoms with Gasteiger partial charge in [0.05, 0.1) is 6.07 Å². The van der Waals surface area contributed by atoms with Crippen molar-refractivity contribution < 1.29 is 0 Å². The van der Waals surface area contributed by atoms with E-state index in [1.165, 1.54) is 32.1 Å². The number of hydrogen-bond donors (Lipinski definition) is 0. The van der Waals surface area contributed by atoms with Crippen LogP contribution in [0.25, 0.3) is 0 Å². The van der Waals surface area contributed by atoms with Crippen molar-refractivity contribution in [2.75, 3.05) is 14.1 Å². The Bertz CT molecular complexity index is 158. The fourth-order valence-corrected chi connectivity index (χ4v) is 1.68. The van der Waals surface area contributed by atoms with E-state index in [1.807, 2.05) is 0 Å². The van der Waals surface area contributed by atoms with Crippen molar-refractivity contribution in [3.05, 3.63) is 0 Å². The predicted octanol–water partition coefficient (Wildman–Crippen LogP) is 3.19. The molecule has 2 heteroatoms. The molecule has 0 heterocycles. The van der Waals surface area contributed by atoms with Crippen molar-refractivity contribution in [2.24, 2.45) is 0 Å². The summed E-state index contributed by atoms with van der Waals surface area (Å²) >= 11 is 0. The molecule has 1 atom stereocenters. The van der Waals surface area contributed by atoms with Gasteiger partial charge in [0.25, 0.3) is 0 Å². The lowest BCUT2D eigenvalue weighted by Gasteiger charge is -2.24. The maximum absolute atomic E-state index is 8.42. The minimum Gasteiger partial charge on any atom is -0.306 e. The molecule has 0 spiro atoms. The second kappa shape index (κ2) is 9.02. The SMILES string of the molecule is CCCCC(CCCCC#N)N(C)C. The molecule has 2 nitrogen and oxygen atoms in total. The van der Waals surface area contributed by atoms with Crippen LogP contribution in [-0.4, -0.2) is 25.0 Å². The van der Waals surface area contributed by atoms with Gasteiger partial charge in [-0.05, 0) is 33.4 Å². The van der Waals surface area contributed by atoms with Gasteiger partial charge in [0.15, 0.2) is 0 Å². The highest BCUT2D eigenvalue weighted by Crippen LogP contribution is 2.13. The van der Waals surface area contributed by atoms with Crippen LogP contribution in [-0.2, 0) is 0 Å².